The van der Waals surface area contributed by atoms with Crippen LogP contribution < -0.4 is 10.9 Å². The van der Waals surface area contributed by atoms with Crippen LogP contribution in [0.1, 0.15) is 21.6 Å². The molecule has 2 aromatic carbocycles. The molecule has 2 aromatic heterocycles. The Kier molecular flexibility index (Phi) is 3.80. The van der Waals surface area contributed by atoms with Crippen molar-refractivity contribution in [2.24, 2.45) is 0 Å². The Morgan fingerprint density at radius 3 is 2.73 bits per heavy atom. The molecule has 0 bridgehead atoms. The lowest BCUT2D eigenvalue weighted by molar-refractivity contribution is 0.0952. The van der Waals surface area contributed by atoms with E-state index in [4.69, 9.17) is 0 Å². The molecule has 5 nitrogen and oxygen atoms in total. The average molecular weight is 349 g/mol. The van der Waals surface area contributed by atoms with Gasteiger partial charge in [0.05, 0.1) is 5.56 Å². The standard InChI is InChI=1S/C20H16FN3O2/c1-11-18(15-9-14(21)6-7-17(15)23-11)20(26)22-10-13-8-12-4-2-3-5-16(12)24-19(13)25/h2-9,23H,10H2,1H3,(H,22,26)(H,24,25). The summed E-state index contributed by atoms with van der Waals surface area (Å²) in [5.74, 6) is -0.761. The van der Waals surface area contributed by atoms with Crippen molar-refractivity contribution in [2.75, 3.05) is 0 Å². The predicted molar refractivity (Wildman–Crippen MR) is 98.7 cm³/mol. The maximum Gasteiger partial charge on any atom is 0.253 e. The van der Waals surface area contributed by atoms with E-state index < -0.39 is 5.82 Å². The van der Waals surface area contributed by atoms with Crippen LogP contribution in [0.4, 0.5) is 4.39 Å². The third-order valence-corrected chi connectivity index (χ3v) is 4.44. The van der Waals surface area contributed by atoms with E-state index in [-0.39, 0.29) is 18.0 Å². The zero-order valence-electron chi connectivity index (χ0n) is 14.0. The second-order valence-corrected chi connectivity index (χ2v) is 6.21. The van der Waals surface area contributed by atoms with E-state index in [0.29, 0.717) is 27.7 Å². The number of aromatic nitrogens is 2. The van der Waals surface area contributed by atoms with E-state index in [1.807, 2.05) is 24.3 Å². The first-order chi connectivity index (χ1) is 12.5. The van der Waals surface area contributed by atoms with Gasteiger partial charge in [0, 0.05) is 34.2 Å². The van der Waals surface area contributed by atoms with Gasteiger partial charge in [0.1, 0.15) is 5.82 Å². The molecule has 0 radical (unpaired) electrons. The number of aromatic amines is 2. The van der Waals surface area contributed by atoms with Crippen molar-refractivity contribution in [1.29, 1.82) is 0 Å². The molecule has 1 amide bonds. The van der Waals surface area contributed by atoms with E-state index in [2.05, 4.69) is 15.3 Å². The number of rotatable bonds is 3. The van der Waals surface area contributed by atoms with Crippen molar-refractivity contribution in [1.82, 2.24) is 15.3 Å². The summed E-state index contributed by atoms with van der Waals surface area (Å²) in [6, 6.07) is 13.5. The zero-order valence-corrected chi connectivity index (χ0v) is 14.0. The Hall–Kier alpha value is -3.41. The summed E-state index contributed by atoms with van der Waals surface area (Å²) >= 11 is 0. The van der Waals surface area contributed by atoms with Crippen molar-refractivity contribution >= 4 is 27.7 Å². The van der Waals surface area contributed by atoms with Crippen molar-refractivity contribution < 1.29 is 9.18 Å². The van der Waals surface area contributed by atoms with Crippen LogP contribution in [0, 0.1) is 12.7 Å². The minimum Gasteiger partial charge on any atom is -0.358 e. The first-order valence-corrected chi connectivity index (χ1v) is 8.20. The van der Waals surface area contributed by atoms with Crippen molar-refractivity contribution in [3.05, 3.63) is 81.5 Å². The fourth-order valence-corrected chi connectivity index (χ4v) is 3.18. The SMILES string of the molecule is Cc1[nH]c2ccc(F)cc2c1C(=O)NCc1cc2ccccc2[nH]c1=O. The Morgan fingerprint density at radius 1 is 1.08 bits per heavy atom. The largest absolute Gasteiger partial charge is 0.358 e. The minimum absolute atomic E-state index is 0.0838. The van der Waals surface area contributed by atoms with Crippen molar-refractivity contribution in [3.63, 3.8) is 0 Å². The highest BCUT2D eigenvalue weighted by molar-refractivity contribution is 6.08. The molecule has 4 rings (SSSR count). The smallest absolute Gasteiger partial charge is 0.253 e. The molecule has 4 aromatic rings. The van der Waals surface area contributed by atoms with E-state index >= 15 is 0 Å². The molecule has 6 heteroatoms. The quantitative estimate of drug-likeness (QED) is 0.530. The number of hydrogen-bond donors (Lipinski definition) is 3. The molecule has 26 heavy (non-hydrogen) atoms. The van der Waals surface area contributed by atoms with Crippen LogP contribution >= 0.6 is 0 Å². The van der Waals surface area contributed by atoms with Crippen LogP contribution in [0.3, 0.4) is 0 Å². The van der Waals surface area contributed by atoms with Gasteiger partial charge in [-0.05, 0) is 42.6 Å². The summed E-state index contributed by atoms with van der Waals surface area (Å²) in [6.45, 7) is 1.84. The summed E-state index contributed by atoms with van der Waals surface area (Å²) in [7, 11) is 0. The Bertz CT molecular complexity index is 1210. The van der Waals surface area contributed by atoms with Gasteiger partial charge in [-0.2, -0.15) is 0 Å². The fraction of sp³-hybridized carbons (Fsp3) is 0.100. The van der Waals surface area contributed by atoms with Gasteiger partial charge in [-0.15, -0.1) is 0 Å². The Balaban J connectivity index is 1.64. The van der Waals surface area contributed by atoms with E-state index in [9.17, 15) is 14.0 Å². The molecule has 0 aliphatic carbocycles. The molecular formula is C20H16FN3O2. The number of halogens is 1. The molecular weight excluding hydrogens is 333 g/mol. The lowest BCUT2D eigenvalue weighted by atomic mass is 10.1. The maximum atomic E-state index is 13.6. The third kappa shape index (κ3) is 2.75. The van der Waals surface area contributed by atoms with Crippen LogP contribution in [-0.4, -0.2) is 15.9 Å². The number of carbonyl (C=O) groups is 1. The van der Waals surface area contributed by atoms with Gasteiger partial charge in [0.25, 0.3) is 11.5 Å². The minimum atomic E-state index is -0.406. The molecule has 2 heterocycles. The monoisotopic (exact) mass is 349 g/mol. The molecule has 0 aliphatic heterocycles. The van der Waals surface area contributed by atoms with Crippen LogP contribution in [0.25, 0.3) is 21.8 Å². The number of nitrogens with one attached hydrogen (secondary N) is 3. The highest BCUT2D eigenvalue weighted by Crippen LogP contribution is 2.23. The molecule has 3 N–H and O–H groups in total. The normalized spacial score (nSPS) is 11.2. The zero-order chi connectivity index (χ0) is 18.3. The van der Waals surface area contributed by atoms with Gasteiger partial charge in [-0.3, -0.25) is 9.59 Å². The summed E-state index contributed by atoms with van der Waals surface area (Å²) in [4.78, 5) is 30.7. The van der Waals surface area contributed by atoms with Gasteiger partial charge in [-0.1, -0.05) is 18.2 Å². The van der Waals surface area contributed by atoms with Crippen LogP contribution in [0.2, 0.25) is 0 Å². The van der Waals surface area contributed by atoms with E-state index in [1.165, 1.54) is 12.1 Å². The number of hydrogen-bond acceptors (Lipinski definition) is 2. The number of benzene rings is 2. The second kappa shape index (κ2) is 6.15. The van der Waals surface area contributed by atoms with E-state index in [0.717, 1.165) is 10.9 Å². The molecule has 0 spiro atoms. The third-order valence-electron chi connectivity index (χ3n) is 4.44. The molecule has 130 valence electrons. The van der Waals surface area contributed by atoms with Gasteiger partial charge in [0.15, 0.2) is 0 Å². The lowest BCUT2D eigenvalue weighted by Gasteiger charge is -2.07. The second-order valence-electron chi connectivity index (χ2n) is 6.21. The molecule has 0 saturated heterocycles. The first kappa shape index (κ1) is 16.1. The molecule has 0 unspecified atom stereocenters. The Labute approximate surface area is 147 Å². The first-order valence-electron chi connectivity index (χ1n) is 8.20. The predicted octanol–water partition coefficient (Wildman–Crippen LogP) is 3.39. The molecule has 0 fully saturated rings. The number of pyridine rings is 1. The highest BCUT2D eigenvalue weighted by atomic mass is 19.1. The summed E-state index contributed by atoms with van der Waals surface area (Å²) in [5.41, 5.74) is 2.69. The van der Waals surface area contributed by atoms with Gasteiger partial charge >= 0.3 is 0 Å². The van der Waals surface area contributed by atoms with Crippen LogP contribution in [-0.2, 0) is 6.54 Å². The molecule has 0 saturated carbocycles. The number of amides is 1. The number of aryl methyl sites for hydroxylation is 1. The van der Waals surface area contributed by atoms with Crippen molar-refractivity contribution in [3.8, 4) is 0 Å². The highest BCUT2D eigenvalue weighted by Gasteiger charge is 2.17. The topological polar surface area (TPSA) is 77.8 Å². The van der Waals surface area contributed by atoms with Crippen molar-refractivity contribution in [2.45, 2.75) is 13.5 Å². The fourth-order valence-electron chi connectivity index (χ4n) is 3.18. The molecule has 0 aliphatic rings. The van der Waals surface area contributed by atoms with Crippen LogP contribution in [0.5, 0.6) is 0 Å². The van der Waals surface area contributed by atoms with Gasteiger partial charge in [-0.25, -0.2) is 4.39 Å². The average Bonchev–Trinajstić information content (AvgIpc) is 2.94. The number of H-pyrrole nitrogens is 2. The summed E-state index contributed by atoms with van der Waals surface area (Å²) in [6.07, 6.45) is 0. The number of carbonyl (C=O) groups excluding carboxylic acids is 1. The van der Waals surface area contributed by atoms with E-state index in [1.54, 1.807) is 19.1 Å². The van der Waals surface area contributed by atoms with Gasteiger partial charge in [0.2, 0.25) is 0 Å². The summed E-state index contributed by atoms with van der Waals surface area (Å²) in [5, 5.41) is 4.17. The van der Waals surface area contributed by atoms with Crippen LogP contribution in [0.15, 0.2) is 53.3 Å². The Morgan fingerprint density at radius 2 is 1.88 bits per heavy atom. The number of para-hydroxylation sites is 1. The summed E-state index contributed by atoms with van der Waals surface area (Å²) < 4.78 is 13.6. The lowest BCUT2D eigenvalue weighted by Crippen LogP contribution is -2.27. The maximum absolute atomic E-state index is 13.6. The number of fused-ring (bicyclic) bond motifs is 2. The molecule has 0 atom stereocenters. The van der Waals surface area contributed by atoms with Gasteiger partial charge < -0.3 is 15.3 Å².